The van der Waals surface area contributed by atoms with Crippen molar-refractivity contribution in [1.29, 1.82) is 0 Å². The molecule has 1 aliphatic heterocycles. The van der Waals surface area contributed by atoms with Crippen LogP contribution in [-0.4, -0.2) is 42.9 Å². The topological polar surface area (TPSA) is 79.0 Å². The number of aromatic amines is 1. The maximum Gasteiger partial charge on any atom is 0.233 e. The average molecular weight is 266 g/mol. The fourth-order valence-corrected chi connectivity index (χ4v) is 2.60. The van der Waals surface area contributed by atoms with Gasteiger partial charge in [-0.05, 0) is 39.8 Å². The number of methoxy groups -OCH3 is 1. The van der Waals surface area contributed by atoms with Crippen LogP contribution in [0.5, 0.6) is 0 Å². The highest BCUT2D eigenvalue weighted by atomic mass is 16.5. The van der Waals surface area contributed by atoms with Crippen molar-refractivity contribution in [3.8, 4) is 0 Å². The molecule has 2 heterocycles. The summed E-state index contributed by atoms with van der Waals surface area (Å²) in [5, 5.41) is 13.3. The summed E-state index contributed by atoms with van der Waals surface area (Å²) in [7, 11) is 1.64. The van der Waals surface area contributed by atoms with Crippen LogP contribution >= 0.6 is 0 Å². The summed E-state index contributed by atoms with van der Waals surface area (Å²) < 4.78 is 5.27. The first-order valence-corrected chi connectivity index (χ1v) is 6.62. The van der Waals surface area contributed by atoms with E-state index >= 15 is 0 Å². The molecule has 0 aromatic carbocycles. The number of hydrogen-bond donors (Lipinski definition) is 3. The number of piperidine rings is 1. The number of aryl methyl sites for hydroxylation is 2. The smallest absolute Gasteiger partial charge is 0.233 e. The molecule has 3 N–H and O–H groups in total. The zero-order chi connectivity index (χ0) is 13.9. The van der Waals surface area contributed by atoms with E-state index < -0.39 is 5.41 Å². The molecule has 1 aliphatic rings. The Kier molecular flexibility index (Phi) is 4.21. The molecule has 6 heteroatoms. The molecule has 0 bridgehead atoms. The average Bonchev–Trinajstić information content (AvgIpc) is 2.72. The van der Waals surface area contributed by atoms with Gasteiger partial charge in [0.2, 0.25) is 5.91 Å². The summed E-state index contributed by atoms with van der Waals surface area (Å²) in [6.45, 7) is 5.93. The molecule has 1 saturated heterocycles. The molecule has 1 amide bonds. The Hall–Kier alpha value is -1.40. The minimum Gasteiger partial charge on any atom is -0.384 e. The Morgan fingerprint density at radius 3 is 2.63 bits per heavy atom. The van der Waals surface area contributed by atoms with Crippen molar-refractivity contribution in [2.45, 2.75) is 26.7 Å². The molecule has 1 fully saturated rings. The molecule has 0 spiro atoms. The van der Waals surface area contributed by atoms with Gasteiger partial charge in [-0.3, -0.25) is 9.89 Å². The molecule has 0 saturated carbocycles. The van der Waals surface area contributed by atoms with Gasteiger partial charge < -0.3 is 15.4 Å². The van der Waals surface area contributed by atoms with Crippen LogP contribution in [0.15, 0.2) is 0 Å². The fraction of sp³-hybridized carbons (Fsp3) is 0.692. The van der Waals surface area contributed by atoms with E-state index in [1.165, 1.54) is 0 Å². The number of H-pyrrole nitrogens is 1. The summed E-state index contributed by atoms with van der Waals surface area (Å²) in [6, 6.07) is 0. The zero-order valence-electron chi connectivity index (χ0n) is 11.8. The standard InChI is InChI=1S/C13H22N4O2/c1-9-11(10(2)17-16-9)15-12(18)13(8-19-3)4-6-14-7-5-13/h14H,4-8H2,1-3H3,(H,15,18)(H,16,17). The van der Waals surface area contributed by atoms with E-state index in [0.717, 1.165) is 43.0 Å². The normalized spacial score (nSPS) is 18.3. The first-order chi connectivity index (χ1) is 9.09. The van der Waals surface area contributed by atoms with Crippen LogP contribution in [0.25, 0.3) is 0 Å². The number of amides is 1. The quantitative estimate of drug-likeness (QED) is 0.759. The van der Waals surface area contributed by atoms with E-state index in [-0.39, 0.29) is 5.91 Å². The zero-order valence-corrected chi connectivity index (χ0v) is 11.8. The number of anilines is 1. The lowest BCUT2D eigenvalue weighted by Crippen LogP contribution is -2.47. The molecular formula is C13H22N4O2. The van der Waals surface area contributed by atoms with Crippen molar-refractivity contribution in [2.24, 2.45) is 5.41 Å². The van der Waals surface area contributed by atoms with Gasteiger partial charge in [0, 0.05) is 7.11 Å². The lowest BCUT2D eigenvalue weighted by atomic mass is 9.78. The number of aromatic nitrogens is 2. The second kappa shape index (κ2) is 5.71. The summed E-state index contributed by atoms with van der Waals surface area (Å²) >= 11 is 0. The minimum absolute atomic E-state index is 0.0310. The van der Waals surface area contributed by atoms with Crippen LogP contribution < -0.4 is 10.6 Å². The van der Waals surface area contributed by atoms with Gasteiger partial charge in [0.05, 0.1) is 29.1 Å². The summed E-state index contributed by atoms with van der Waals surface area (Å²) in [5.41, 5.74) is 2.05. The van der Waals surface area contributed by atoms with Gasteiger partial charge in [-0.2, -0.15) is 5.10 Å². The van der Waals surface area contributed by atoms with E-state index in [1.807, 2.05) is 13.8 Å². The number of rotatable bonds is 4. The predicted molar refractivity (Wildman–Crippen MR) is 73.1 cm³/mol. The van der Waals surface area contributed by atoms with E-state index in [1.54, 1.807) is 7.11 Å². The summed E-state index contributed by atoms with van der Waals surface area (Å²) in [5.74, 6) is 0.0310. The van der Waals surface area contributed by atoms with E-state index in [0.29, 0.717) is 6.61 Å². The highest BCUT2D eigenvalue weighted by Gasteiger charge is 2.40. The van der Waals surface area contributed by atoms with Crippen LogP contribution in [0, 0.1) is 19.3 Å². The van der Waals surface area contributed by atoms with Crippen LogP contribution in [0.4, 0.5) is 5.69 Å². The maximum absolute atomic E-state index is 12.6. The van der Waals surface area contributed by atoms with E-state index in [4.69, 9.17) is 4.74 Å². The largest absolute Gasteiger partial charge is 0.384 e. The Morgan fingerprint density at radius 1 is 1.42 bits per heavy atom. The van der Waals surface area contributed by atoms with Gasteiger partial charge >= 0.3 is 0 Å². The Morgan fingerprint density at radius 2 is 2.11 bits per heavy atom. The lowest BCUT2D eigenvalue weighted by molar-refractivity contribution is -0.130. The molecule has 2 rings (SSSR count). The molecular weight excluding hydrogens is 244 g/mol. The third-order valence-electron chi connectivity index (χ3n) is 3.83. The van der Waals surface area contributed by atoms with E-state index in [2.05, 4.69) is 20.8 Å². The second-order valence-electron chi connectivity index (χ2n) is 5.23. The van der Waals surface area contributed by atoms with Gasteiger partial charge in [0.1, 0.15) is 0 Å². The van der Waals surface area contributed by atoms with Gasteiger partial charge in [0.15, 0.2) is 0 Å². The third kappa shape index (κ3) is 2.79. The Labute approximate surface area is 113 Å². The second-order valence-corrected chi connectivity index (χ2v) is 5.23. The number of carbonyl (C=O) groups excluding carboxylic acids is 1. The highest BCUT2D eigenvalue weighted by molar-refractivity contribution is 5.96. The number of nitrogens with zero attached hydrogens (tertiary/aromatic N) is 1. The number of carbonyl (C=O) groups is 1. The van der Waals surface area contributed by atoms with Gasteiger partial charge in [0.25, 0.3) is 0 Å². The van der Waals surface area contributed by atoms with Crippen molar-refractivity contribution in [3.05, 3.63) is 11.4 Å². The number of nitrogens with one attached hydrogen (secondary N) is 3. The lowest BCUT2D eigenvalue weighted by Gasteiger charge is -2.35. The molecule has 0 unspecified atom stereocenters. The SMILES string of the molecule is COCC1(C(=O)Nc2c(C)n[nH]c2C)CCNCC1. The molecule has 19 heavy (non-hydrogen) atoms. The van der Waals surface area contributed by atoms with Crippen molar-refractivity contribution in [1.82, 2.24) is 15.5 Å². The molecule has 1 aromatic heterocycles. The summed E-state index contributed by atoms with van der Waals surface area (Å²) in [4.78, 5) is 12.6. The number of hydrogen-bond acceptors (Lipinski definition) is 4. The molecule has 6 nitrogen and oxygen atoms in total. The summed E-state index contributed by atoms with van der Waals surface area (Å²) in [6.07, 6.45) is 1.59. The maximum atomic E-state index is 12.6. The highest BCUT2D eigenvalue weighted by Crippen LogP contribution is 2.31. The van der Waals surface area contributed by atoms with Crippen molar-refractivity contribution in [3.63, 3.8) is 0 Å². The molecule has 106 valence electrons. The molecule has 0 radical (unpaired) electrons. The molecule has 0 atom stereocenters. The first kappa shape index (κ1) is 14.0. The third-order valence-corrected chi connectivity index (χ3v) is 3.83. The Balaban J connectivity index is 2.16. The fourth-order valence-electron chi connectivity index (χ4n) is 2.60. The monoisotopic (exact) mass is 266 g/mol. The van der Waals surface area contributed by atoms with Crippen LogP contribution in [0.1, 0.15) is 24.2 Å². The van der Waals surface area contributed by atoms with Crippen LogP contribution in [-0.2, 0) is 9.53 Å². The van der Waals surface area contributed by atoms with E-state index in [9.17, 15) is 4.79 Å². The van der Waals surface area contributed by atoms with Gasteiger partial charge in [-0.25, -0.2) is 0 Å². The van der Waals surface area contributed by atoms with Crippen LogP contribution in [0.2, 0.25) is 0 Å². The predicted octanol–water partition coefficient (Wildman–Crippen LogP) is 0.981. The number of ether oxygens (including phenoxy) is 1. The van der Waals surface area contributed by atoms with Crippen LogP contribution in [0.3, 0.4) is 0 Å². The molecule has 1 aromatic rings. The Bertz CT molecular complexity index is 424. The van der Waals surface area contributed by atoms with Crippen molar-refractivity contribution < 1.29 is 9.53 Å². The molecule has 0 aliphatic carbocycles. The first-order valence-electron chi connectivity index (χ1n) is 6.62. The van der Waals surface area contributed by atoms with Crippen molar-refractivity contribution >= 4 is 11.6 Å². The van der Waals surface area contributed by atoms with Gasteiger partial charge in [-0.1, -0.05) is 0 Å². The minimum atomic E-state index is -0.434. The van der Waals surface area contributed by atoms with Crippen molar-refractivity contribution in [2.75, 3.05) is 32.1 Å². The van der Waals surface area contributed by atoms with Gasteiger partial charge in [-0.15, -0.1) is 0 Å².